The molecule has 208 valence electrons. The normalized spacial score (nSPS) is 27.6. The van der Waals surface area contributed by atoms with Gasteiger partial charge in [-0.2, -0.15) is 4.98 Å². The minimum absolute atomic E-state index is 0.0329. The molecule has 1 N–H and O–H groups in total. The van der Waals surface area contributed by atoms with Crippen molar-refractivity contribution >= 4 is 33.8 Å². The first-order valence-electron chi connectivity index (χ1n) is 13.5. The van der Waals surface area contributed by atoms with Gasteiger partial charge in [0.25, 0.3) is 0 Å². The molecule has 1 aromatic heterocycles. The van der Waals surface area contributed by atoms with Gasteiger partial charge in [0.1, 0.15) is 18.1 Å². The predicted octanol–water partition coefficient (Wildman–Crippen LogP) is 5.95. The predicted molar refractivity (Wildman–Crippen MR) is 152 cm³/mol. The second kappa shape index (κ2) is 10.1. The smallest absolute Gasteiger partial charge is 0.351 e. The van der Waals surface area contributed by atoms with Crippen LogP contribution in [-0.4, -0.2) is 49.8 Å². The molecule has 2 fully saturated rings. The van der Waals surface area contributed by atoms with Crippen molar-refractivity contribution < 1.29 is 19.1 Å². The van der Waals surface area contributed by atoms with Crippen molar-refractivity contribution in [2.45, 2.75) is 134 Å². The largest absolute Gasteiger partial charge is 0.460 e. The zero-order valence-corrected chi connectivity index (χ0v) is 26.6. The lowest BCUT2D eigenvalue weighted by atomic mass is 10.0. The van der Waals surface area contributed by atoms with E-state index in [0.29, 0.717) is 6.42 Å². The lowest BCUT2D eigenvalue weighted by Crippen LogP contribution is -2.55. The van der Waals surface area contributed by atoms with E-state index >= 15 is 0 Å². The maximum Gasteiger partial charge on any atom is 0.351 e. The minimum Gasteiger partial charge on any atom is -0.460 e. The molecule has 0 aromatic carbocycles. The first kappa shape index (κ1) is 29.8. The minimum atomic E-state index is -2.14. The number of amides is 1. The molecule has 2 aliphatic rings. The molecule has 1 aromatic rings. The topological polar surface area (TPSA) is 99.5 Å². The number of hydrogen-bond donors (Lipinski definition) is 1. The van der Waals surface area contributed by atoms with Crippen molar-refractivity contribution in [1.29, 1.82) is 0 Å². The highest BCUT2D eigenvalue weighted by Gasteiger charge is 2.64. The van der Waals surface area contributed by atoms with E-state index in [-0.39, 0.29) is 51.1 Å². The van der Waals surface area contributed by atoms with E-state index in [0.717, 1.165) is 12.8 Å². The Hall–Kier alpha value is -1.79. The molecule has 0 aliphatic carbocycles. The van der Waals surface area contributed by atoms with E-state index in [1.54, 1.807) is 16.8 Å². The van der Waals surface area contributed by atoms with Crippen LogP contribution in [0.5, 0.6) is 0 Å². The SMILES string of the molecule is CC(=O)Nc1ccn([C@@H]2O[C@H]([C@@H]3CCCC(=O)O3)[C@@H]([Si](C)(C)C(C)(C)C)[C@H]2[Si](C)(C)C(C)(C)C)c(=O)n1. The Morgan fingerprint density at radius 3 is 2.08 bits per heavy atom. The van der Waals surface area contributed by atoms with Crippen LogP contribution in [0, 0.1) is 0 Å². The van der Waals surface area contributed by atoms with Gasteiger partial charge in [0, 0.05) is 25.1 Å². The van der Waals surface area contributed by atoms with Crippen LogP contribution in [0.2, 0.25) is 47.3 Å². The molecular formula is C27H47N3O5Si2. The summed E-state index contributed by atoms with van der Waals surface area (Å²) >= 11 is 0. The second-order valence-corrected chi connectivity index (χ2v) is 25.3. The Bertz CT molecular complexity index is 1090. The number of ether oxygens (including phenoxy) is 2. The zero-order chi connectivity index (χ0) is 28.1. The summed E-state index contributed by atoms with van der Waals surface area (Å²) in [5, 5.41) is 2.70. The van der Waals surface area contributed by atoms with Crippen molar-refractivity contribution in [2.75, 3.05) is 5.32 Å². The molecular weight excluding hydrogens is 502 g/mol. The van der Waals surface area contributed by atoms with Crippen LogP contribution >= 0.6 is 0 Å². The number of esters is 1. The summed E-state index contributed by atoms with van der Waals surface area (Å²) in [5.41, 5.74) is -0.170. The Morgan fingerprint density at radius 2 is 1.59 bits per heavy atom. The van der Waals surface area contributed by atoms with Crippen molar-refractivity contribution in [3.63, 3.8) is 0 Å². The molecule has 3 rings (SSSR count). The lowest BCUT2D eigenvalue weighted by Gasteiger charge is -2.52. The second-order valence-electron chi connectivity index (χ2n) is 14.1. The lowest BCUT2D eigenvalue weighted by molar-refractivity contribution is -0.165. The summed E-state index contributed by atoms with van der Waals surface area (Å²) in [4.78, 5) is 41.5. The number of carbonyl (C=O) groups excluding carboxylic acids is 2. The Morgan fingerprint density at radius 1 is 1.03 bits per heavy atom. The van der Waals surface area contributed by atoms with Gasteiger partial charge >= 0.3 is 11.7 Å². The fourth-order valence-corrected chi connectivity index (χ4v) is 14.5. The first-order valence-corrected chi connectivity index (χ1v) is 19.7. The number of nitrogens with zero attached hydrogens (tertiary/aromatic N) is 2. The van der Waals surface area contributed by atoms with E-state index in [4.69, 9.17) is 9.47 Å². The average molecular weight is 550 g/mol. The van der Waals surface area contributed by atoms with Crippen molar-refractivity contribution in [3.05, 3.63) is 22.7 Å². The summed E-state index contributed by atoms with van der Waals surface area (Å²) < 4.78 is 14.5. The molecule has 1 amide bonds. The maximum atomic E-state index is 13.4. The molecule has 0 saturated carbocycles. The van der Waals surface area contributed by atoms with Gasteiger partial charge < -0.3 is 14.8 Å². The van der Waals surface area contributed by atoms with E-state index in [2.05, 4.69) is 78.0 Å². The van der Waals surface area contributed by atoms with Crippen LogP contribution in [0.25, 0.3) is 0 Å². The highest BCUT2D eigenvalue weighted by molar-refractivity contribution is 6.87. The summed E-state index contributed by atoms with van der Waals surface area (Å²) in [7, 11) is -4.23. The Balaban J connectivity index is 2.24. The fourth-order valence-electron chi connectivity index (χ4n) is 5.76. The molecule has 3 heterocycles. The van der Waals surface area contributed by atoms with Crippen LogP contribution in [0.1, 0.15) is 74.0 Å². The van der Waals surface area contributed by atoms with Gasteiger partial charge in [-0.1, -0.05) is 67.7 Å². The molecule has 10 heteroatoms. The molecule has 37 heavy (non-hydrogen) atoms. The Kier molecular flexibility index (Phi) is 8.10. The molecule has 0 radical (unpaired) electrons. The van der Waals surface area contributed by atoms with Crippen LogP contribution in [0.4, 0.5) is 5.82 Å². The van der Waals surface area contributed by atoms with E-state index in [1.165, 1.54) is 6.92 Å². The van der Waals surface area contributed by atoms with E-state index in [9.17, 15) is 14.4 Å². The standard InChI is InChI=1S/C27H47N3O5Si2/c1-17(31)28-19-15-16-30(25(33)29-19)24-23(37(10,11)27(5,6)7)22(36(8,9)26(2,3)4)21(35-24)18-13-12-14-20(32)34-18/h15-16,18,21-24H,12-14H2,1-11H3,(H,28,29,31,33)/t18-,21+,22+,23+,24+/m0/s1. The van der Waals surface area contributed by atoms with Gasteiger partial charge in [-0.15, -0.1) is 0 Å². The van der Waals surface area contributed by atoms with Gasteiger partial charge in [0.15, 0.2) is 0 Å². The van der Waals surface area contributed by atoms with Crippen LogP contribution < -0.4 is 11.0 Å². The fraction of sp³-hybridized carbons (Fsp3) is 0.778. The summed E-state index contributed by atoms with van der Waals surface area (Å²) in [6.45, 7) is 24.9. The number of cyclic esters (lactones) is 1. The number of carbonyl (C=O) groups is 2. The van der Waals surface area contributed by atoms with Gasteiger partial charge in [0.2, 0.25) is 5.91 Å². The maximum absolute atomic E-state index is 13.4. The van der Waals surface area contributed by atoms with Crippen molar-refractivity contribution in [1.82, 2.24) is 9.55 Å². The summed E-state index contributed by atoms with van der Waals surface area (Å²) in [6.07, 6.45) is 2.58. The quantitative estimate of drug-likeness (QED) is 0.360. The van der Waals surface area contributed by atoms with Gasteiger partial charge in [-0.25, -0.2) is 4.79 Å². The van der Waals surface area contributed by atoms with Gasteiger partial charge in [-0.3, -0.25) is 14.2 Å². The van der Waals surface area contributed by atoms with Crippen molar-refractivity contribution in [3.8, 4) is 0 Å². The number of aromatic nitrogens is 2. The first-order chi connectivity index (χ1) is 16.8. The molecule has 8 nitrogen and oxygen atoms in total. The highest BCUT2D eigenvalue weighted by atomic mass is 28.3. The van der Waals surface area contributed by atoms with E-state index in [1.807, 2.05) is 0 Å². The van der Waals surface area contributed by atoms with E-state index < -0.39 is 28.1 Å². The highest BCUT2D eigenvalue weighted by Crippen LogP contribution is 2.65. The van der Waals surface area contributed by atoms with Gasteiger partial charge in [0.05, 0.1) is 22.3 Å². The summed E-state index contributed by atoms with van der Waals surface area (Å²) in [5.74, 6) is -0.216. The summed E-state index contributed by atoms with van der Waals surface area (Å²) in [6, 6.07) is 1.66. The zero-order valence-electron chi connectivity index (χ0n) is 24.6. The average Bonchev–Trinajstić information content (AvgIpc) is 3.13. The molecule has 2 aliphatic heterocycles. The monoisotopic (exact) mass is 549 g/mol. The van der Waals surface area contributed by atoms with Crippen molar-refractivity contribution in [2.24, 2.45) is 0 Å². The van der Waals surface area contributed by atoms with Gasteiger partial charge in [-0.05, 0) is 34.5 Å². The molecule has 0 bridgehead atoms. The molecule has 5 atom stereocenters. The number of anilines is 1. The number of hydrogen-bond acceptors (Lipinski definition) is 6. The molecule has 0 spiro atoms. The van der Waals surface area contributed by atoms with Crippen LogP contribution in [0.3, 0.4) is 0 Å². The van der Waals surface area contributed by atoms with Crippen LogP contribution in [0.15, 0.2) is 17.1 Å². The third kappa shape index (κ3) is 5.66. The molecule has 2 saturated heterocycles. The Labute approximate surface area is 223 Å². The number of rotatable bonds is 5. The van der Waals surface area contributed by atoms with Crippen LogP contribution in [-0.2, 0) is 19.1 Å². The third-order valence-electron chi connectivity index (χ3n) is 9.80. The number of nitrogens with one attached hydrogen (secondary N) is 1. The molecule has 0 unspecified atom stereocenters. The third-order valence-corrected chi connectivity index (χ3v) is 22.5.